The molecule has 0 fully saturated rings. The number of hydrogen-bond acceptors (Lipinski definition) is 3. The van der Waals surface area contributed by atoms with Crippen molar-refractivity contribution in [3.8, 4) is 22.5 Å². The fraction of sp³-hybridized carbons (Fsp3) is 0.120. The Bertz CT molecular complexity index is 1330. The molecule has 32 heavy (non-hydrogen) atoms. The largest absolute Gasteiger partial charge is 0.478 e. The Morgan fingerprint density at radius 3 is 2.47 bits per heavy atom. The number of fused-ring (bicyclic) bond motifs is 1. The van der Waals surface area contributed by atoms with E-state index in [1.165, 1.54) is 19.2 Å². The Kier molecular flexibility index (Phi) is 6.27. The maximum absolute atomic E-state index is 13.4. The van der Waals surface area contributed by atoms with Crippen LogP contribution in [0, 0.1) is 5.82 Å². The highest BCUT2D eigenvalue weighted by molar-refractivity contribution is 14.1. The summed E-state index contributed by atoms with van der Waals surface area (Å²) in [5, 5.41) is 12.7. The second-order valence-corrected chi connectivity index (χ2v) is 8.30. The highest BCUT2D eigenvalue weighted by atomic mass is 127. The molecule has 162 valence electrons. The Labute approximate surface area is 197 Å². The van der Waals surface area contributed by atoms with Crippen LogP contribution >= 0.6 is 22.6 Å². The molecule has 0 aliphatic heterocycles. The van der Waals surface area contributed by atoms with E-state index in [1.54, 1.807) is 30.3 Å². The van der Waals surface area contributed by atoms with Crippen LogP contribution in [0.3, 0.4) is 0 Å². The average molecular weight is 543 g/mol. The minimum absolute atomic E-state index is 0.189. The van der Waals surface area contributed by atoms with E-state index in [0.29, 0.717) is 27.9 Å². The Hall–Kier alpha value is -3.20. The van der Waals surface area contributed by atoms with Crippen LogP contribution in [-0.4, -0.2) is 28.5 Å². The molecular formula is C25H19FINO4. The third-order valence-corrected chi connectivity index (χ3v) is 5.80. The summed E-state index contributed by atoms with van der Waals surface area (Å²) in [6.07, 6.45) is 0.741. The predicted octanol–water partition coefficient (Wildman–Crippen LogP) is 5.94. The van der Waals surface area contributed by atoms with Crippen molar-refractivity contribution in [1.82, 2.24) is 5.32 Å². The van der Waals surface area contributed by atoms with E-state index in [9.17, 15) is 19.1 Å². The van der Waals surface area contributed by atoms with Crippen LogP contribution in [0.15, 0.2) is 65.1 Å². The van der Waals surface area contributed by atoms with Crippen LogP contribution < -0.4 is 5.32 Å². The predicted molar refractivity (Wildman–Crippen MR) is 130 cm³/mol. The van der Waals surface area contributed by atoms with Crippen molar-refractivity contribution in [2.75, 3.05) is 11.5 Å². The van der Waals surface area contributed by atoms with Crippen LogP contribution in [-0.2, 0) is 6.42 Å². The number of aryl methyl sites for hydroxylation is 1. The number of rotatable bonds is 6. The lowest BCUT2D eigenvalue weighted by Crippen LogP contribution is -2.18. The first-order chi connectivity index (χ1) is 15.4. The lowest BCUT2D eigenvalue weighted by Gasteiger charge is -2.10. The monoisotopic (exact) mass is 543 g/mol. The summed E-state index contributed by atoms with van der Waals surface area (Å²) < 4.78 is 20.4. The van der Waals surface area contributed by atoms with Crippen molar-refractivity contribution < 1.29 is 23.5 Å². The summed E-state index contributed by atoms with van der Waals surface area (Å²) in [5.74, 6) is -1.35. The highest BCUT2D eigenvalue weighted by Crippen LogP contribution is 2.38. The molecule has 0 radical (unpaired) electrons. The molecule has 2 N–H and O–H groups in total. The number of amides is 1. The average Bonchev–Trinajstić information content (AvgIpc) is 3.17. The summed E-state index contributed by atoms with van der Waals surface area (Å²) in [6, 6.07) is 16.3. The smallest absolute Gasteiger partial charge is 0.335 e. The summed E-state index contributed by atoms with van der Waals surface area (Å²) in [4.78, 5) is 24.3. The van der Waals surface area contributed by atoms with Gasteiger partial charge in [0.2, 0.25) is 0 Å². The second-order valence-electron chi connectivity index (χ2n) is 7.22. The topological polar surface area (TPSA) is 79.5 Å². The van der Waals surface area contributed by atoms with Gasteiger partial charge in [0.25, 0.3) is 5.91 Å². The number of nitrogens with one attached hydrogen (secondary N) is 1. The molecule has 1 heterocycles. The molecule has 5 nitrogen and oxygen atoms in total. The van der Waals surface area contributed by atoms with E-state index in [-0.39, 0.29) is 17.3 Å². The number of carboxylic acid groups (broad SMARTS) is 1. The molecular weight excluding hydrogens is 524 g/mol. The molecule has 0 spiro atoms. The number of carbonyl (C=O) groups excluding carboxylic acids is 1. The second kappa shape index (κ2) is 9.12. The summed E-state index contributed by atoms with van der Waals surface area (Å²) in [7, 11) is 1.54. The van der Waals surface area contributed by atoms with Gasteiger partial charge >= 0.3 is 5.97 Å². The van der Waals surface area contributed by atoms with Gasteiger partial charge in [-0.1, -0.05) is 34.7 Å². The third kappa shape index (κ3) is 4.12. The molecule has 0 aliphatic rings. The lowest BCUT2D eigenvalue weighted by molar-refractivity contribution is 0.0696. The van der Waals surface area contributed by atoms with Crippen molar-refractivity contribution in [3.63, 3.8) is 0 Å². The molecule has 0 bridgehead atoms. The number of benzene rings is 3. The van der Waals surface area contributed by atoms with E-state index >= 15 is 0 Å². The molecule has 0 saturated carbocycles. The number of furan rings is 1. The van der Waals surface area contributed by atoms with Gasteiger partial charge in [-0.3, -0.25) is 4.79 Å². The van der Waals surface area contributed by atoms with Gasteiger partial charge in [-0.25, -0.2) is 9.18 Å². The van der Waals surface area contributed by atoms with Crippen LogP contribution in [0.4, 0.5) is 4.39 Å². The number of halogens is 2. The van der Waals surface area contributed by atoms with E-state index in [1.807, 2.05) is 18.2 Å². The molecule has 0 aliphatic carbocycles. The van der Waals surface area contributed by atoms with Crippen molar-refractivity contribution in [3.05, 3.63) is 83.2 Å². The van der Waals surface area contributed by atoms with Crippen LogP contribution in [0.5, 0.6) is 0 Å². The standard InChI is InChI=1S/C25H19FINO4/c1-28-24(29)22-20-13-19(15-3-2-4-17(11-15)25(30)31)16(9-10-27)12-21(20)32-23(22)14-5-7-18(26)8-6-14/h2-8,11-13H,9-10H2,1H3,(H,28,29)(H,30,31). The highest BCUT2D eigenvalue weighted by Gasteiger charge is 2.23. The van der Waals surface area contributed by atoms with E-state index in [0.717, 1.165) is 27.5 Å². The van der Waals surface area contributed by atoms with Crippen LogP contribution in [0.25, 0.3) is 33.4 Å². The molecule has 3 aromatic carbocycles. The third-order valence-electron chi connectivity index (χ3n) is 5.26. The lowest BCUT2D eigenvalue weighted by atomic mass is 9.93. The Morgan fingerprint density at radius 2 is 1.81 bits per heavy atom. The van der Waals surface area contributed by atoms with Gasteiger partial charge < -0.3 is 14.8 Å². The van der Waals surface area contributed by atoms with Crippen LogP contribution in [0.1, 0.15) is 26.3 Å². The molecule has 1 aromatic heterocycles. The maximum atomic E-state index is 13.4. The van der Waals surface area contributed by atoms with Crippen molar-refractivity contribution in [2.45, 2.75) is 6.42 Å². The summed E-state index contributed by atoms with van der Waals surface area (Å²) in [5.41, 5.74) is 4.25. The van der Waals surface area contributed by atoms with Gasteiger partial charge in [-0.05, 0) is 71.6 Å². The molecule has 1 amide bonds. The molecule has 0 unspecified atom stereocenters. The minimum atomic E-state index is -1.00. The molecule has 7 heteroatoms. The zero-order valence-electron chi connectivity index (χ0n) is 17.1. The molecule has 4 rings (SSSR count). The number of aromatic carboxylic acids is 1. The minimum Gasteiger partial charge on any atom is -0.478 e. The summed E-state index contributed by atoms with van der Waals surface area (Å²) >= 11 is 2.28. The number of alkyl halides is 1. The summed E-state index contributed by atoms with van der Waals surface area (Å²) in [6.45, 7) is 0. The van der Waals surface area contributed by atoms with Gasteiger partial charge in [0, 0.05) is 22.4 Å². The van der Waals surface area contributed by atoms with Crippen molar-refractivity contribution in [2.24, 2.45) is 0 Å². The Morgan fingerprint density at radius 1 is 1.06 bits per heavy atom. The first-order valence-corrected chi connectivity index (χ1v) is 11.4. The van der Waals surface area contributed by atoms with Crippen LogP contribution in [0.2, 0.25) is 0 Å². The fourth-order valence-electron chi connectivity index (χ4n) is 3.74. The zero-order valence-corrected chi connectivity index (χ0v) is 19.3. The molecule has 0 atom stereocenters. The molecule has 4 aromatic rings. The normalized spacial score (nSPS) is 11.0. The molecule has 0 saturated heterocycles. The van der Waals surface area contributed by atoms with Gasteiger partial charge in [0.1, 0.15) is 17.2 Å². The van der Waals surface area contributed by atoms with Crippen molar-refractivity contribution in [1.29, 1.82) is 0 Å². The van der Waals surface area contributed by atoms with E-state index < -0.39 is 5.97 Å². The Balaban J connectivity index is 2.00. The van der Waals surface area contributed by atoms with Gasteiger partial charge in [-0.2, -0.15) is 0 Å². The van der Waals surface area contributed by atoms with E-state index in [4.69, 9.17) is 4.42 Å². The van der Waals surface area contributed by atoms with E-state index in [2.05, 4.69) is 27.9 Å². The SMILES string of the molecule is CNC(=O)c1c(-c2ccc(F)cc2)oc2cc(CCI)c(-c3cccc(C(=O)O)c3)cc12. The van der Waals surface area contributed by atoms with Gasteiger partial charge in [-0.15, -0.1) is 0 Å². The number of hydrogen-bond donors (Lipinski definition) is 2. The fourth-order valence-corrected chi connectivity index (χ4v) is 4.32. The first kappa shape index (κ1) is 22.0. The number of carboxylic acids is 1. The first-order valence-electron chi connectivity index (χ1n) is 9.90. The van der Waals surface area contributed by atoms with Gasteiger partial charge in [0.05, 0.1) is 11.1 Å². The van der Waals surface area contributed by atoms with Gasteiger partial charge in [0.15, 0.2) is 0 Å². The number of carbonyl (C=O) groups is 2. The maximum Gasteiger partial charge on any atom is 0.335 e. The zero-order chi connectivity index (χ0) is 22.8. The quantitative estimate of drug-likeness (QED) is 0.233. The van der Waals surface area contributed by atoms with Crippen molar-refractivity contribution >= 4 is 45.4 Å².